The molecule has 1 saturated heterocycles. The molecule has 0 amide bonds. The van der Waals surface area contributed by atoms with Crippen molar-refractivity contribution in [3.8, 4) is 6.07 Å². The minimum atomic E-state index is 0.488. The van der Waals surface area contributed by atoms with E-state index in [0.29, 0.717) is 5.56 Å². The van der Waals surface area contributed by atoms with Gasteiger partial charge >= 0.3 is 0 Å². The van der Waals surface area contributed by atoms with Crippen molar-refractivity contribution in [2.45, 2.75) is 13.5 Å². The molecule has 4 aromatic rings. The van der Waals surface area contributed by atoms with Crippen molar-refractivity contribution in [3.05, 3.63) is 83.1 Å². The highest BCUT2D eigenvalue weighted by molar-refractivity contribution is 5.90. The van der Waals surface area contributed by atoms with Crippen LogP contribution in [0.2, 0.25) is 0 Å². The Labute approximate surface area is 217 Å². The number of fused-ring (bicyclic) bond motifs is 1. The molecule has 8 nitrogen and oxygen atoms in total. The smallest absolute Gasteiger partial charge is 0.103 e. The molecule has 1 fully saturated rings. The van der Waals surface area contributed by atoms with Crippen molar-refractivity contribution in [2.75, 3.05) is 44.7 Å². The van der Waals surface area contributed by atoms with E-state index in [9.17, 15) is 5.26 Å². The summed E-state index contributed by atoms with van der Waals surface area (Å²) in [5.74, 6) is 0. The summed E-state index contributed by atoms with van der Waals surface area (Å²) in [5.41, 5.74) is 7.18. The van der Waals surface area contributed by atoms with Crippen molar-refractivity contribution < 1.29 is 4.74 Å². The largest absolute Gasteiger partial charge is 0.379 e. The summed E-state index contributed by atoms with van der Waals surface area (Å²) in [6.45, 7) is 8.51. The molecule has 4 heterocycles. The van der Waals surface area contributed by atoms with Crippen molar-refractivity contribution in [1.82, 2.24) is 25.2 Å². The SMILES string of the molecule is Cc1c(Nc2c(C#N)cncc2C=Cc2ccc(CNCCN3CCOCC3)cn2)ccc2[nH]ccc12. The second-order valence-electron chi connectivity index (χ2n) is 9.12. The maximum absolute atomic E-state index is 9.72. The number of rotatable bonds is 9. The summed E-state index contributed by atoms with van der Waals surface area (Å²) in [5, 5.41) is 17.8. The Bertz CT molecular complexity index is 1410. The van der Waals surface area contributed by atoms with Gasteiger partial charge in [-0.2, -0.15) is 5.26 Å². The zero-order valence-electron chi connectivity index (χ0n) is 21.0. The van der Waals surface area contributed by atoms with E-state index in [2.05, 4.69) is 55.6 Å². The highest BCUT2D eigenvalue weighted by atomic mass is 16.5. The Kier molecular flexibility index (Phi) is 7.87. The fourth-order valence-corrected chi connectivity index (χ4v) is 4.49. The highest BCUT2D eigenvalue weighted by Crippen LogP contribution is 2.31. The van der Waals surface area contributed by atoms with Crippen LogP contribution in [-0.4, -0.2) is 59.2 Å². The number of morpholine rings is 1. The number of anilines is 2. The molecule has 8 heteroatoms. The fraction of sp³-hybridized carbons (Fsp3) is 0.276. The molecule has 188 valence electrons. The number of nitrogens with zero attached hydrogens (tertiary/aromatic N) is 4. The zero-order valence-corrected chi connectivity index (χ0v) is 21.0. The molecule has 5 rings (SSSR count). The van der Waals surface area contributed by atoms with Crippen LogP contribution in [0.1, 0.15) is 27.9 Å². The van der Waals surface area contributed by atoms with E-state index >= 15 is 0 Å². The zero-order chi connectivity index (χ0) is 25.5. The van der Waals surface area contributed by atoms with Crippen LogP contribution in [0.4, 0.5) is 11.4 Å². The van der Waals surface area contributed by atoms with Crippen LogP contribution in [0.5, 0.6) is 0 Å². The lowest BCUT2D eigenvalue weighted by Gasteiger charge is -2.26. The minimum absolute atomic E-state index is 0.488. The molecule has 0 saturated carbocycles. The first-order valence-corrected chi connectivity index (χ1v) is 12.6. The van der Waals surface area contributed by atoms with E-state index in [-0.39, 0.29) is 0 Å². The van der Waals surface area contributed by atoms with Gasteiger partial charge in [-0.05, 0) is 54.5 Å². The maximum Gasteiger partial charge on any atom is 0.103 e. The lowest BCUT2D eigenvalue weighted by Crippen LogP contribution is -2.40. The van der Waals surface area contributed by atoms with Gasteiger partial charge in [-0.15, -0.1) is 0 Å². The third-order valence-electron chi connectivity index (χ3n) is 6.68. The summed E-state index contributed by atoms with van der Waals surface area (Å²) >= 11 is 0. The van der Waals surface area contributed by atoms with Crippen molar-refractivity contribution >= 4 is 34.4 Å². The number of aromatic amines is 1. The molecule has 37 heavy (non-hydrogen) atoms. The number of nitriles is 1. The molecule has 1 aromatic carbocycles. The Balaban J connectivity index is 1.25. The Hall–Kier alpha value is -4.03. The second-order valence-corrected chi connectivity index (χ2v) is 9.12. The average Bonchev–Trinajstić information content (AvgIpc) is 3.43. The predicted molar refractivity (Wildman–Crippen MR) is 147 cm³/mol. The molecule has 0 atom stereocenters. The normalized spacial score (nSPS) is 14.3. The number of ether oxygens (including phenoxy) is 1. The van der Waals surface area contributed by atoms with Gasteiger partial charge in [0.05, 0.1) is 30.2 Å². The van der Waals surface area contributed by atoms with Crippen LogP contribution in [0, 0.1) is 18.3 Å². The van der Waals surface area contributed by atoms with Gasteiger partial charge in [0.25, 0.3) is 0 Å². The third-order valence-corrected chi connectivity index (χ3v) is 6.68. The van der Waals surface area contributed by atoms with Gasteiger partial charge in [-0.25, -0.2) is 0 Å². The van der Waals surface area contributed by atoms with Gasteiger partial charge in [0, 0.05) is 79.7 Å². The Morgan fingerprint density at radius 3 is 2.81 bits per heavy atom. The fourth-order valence-electron chi connectivity index (χ4n) is 4.49. The van der Waals surface area contributed by atoms with Crippen molar-refractivity contribution in [2.24, 2.45) is 0 Å². The molecule has 1 aliphatic rings. The number of H-pyrrole nitrogens is 1. The number of hydrogen-bond donors (Lipinski definition) is 3. The summed E-state index contributed by atoms with van der Waals surface area (Å²) < 4.78 is 5.40. The molecule has 0 aliphatic carbocycles. The monoisotopic (exact) mass is 493 g/mol. The van der Waals surface area contributed by atoms with E-state index in [1.165, 1.54) is 0 Å². The molecule has 0 bridgehead atoms. The first-order valence-electron chi connectivity index (χ1n) is 12.6. The van der Waals surface area contributed by atoms with Crippen molar-refractivity contribution in [3.63, 3.8) is 0 Å². The van der Waals surface area contributed by atoms with Crippen LogP contribution in [0.25, 0.3) is 23.1 Å². The summed E-state index contributed by atoms with van der Waals surface area (Å²) in [7, 11) is 0. The number of benzene rings is 1. The van der Waals surface area contributed by atoms with Gasteiger partial charge in [-0.1, -0.05) is 6.07 Å². The van der Waals surface area contributed by atoms with Gasteiger partial charge in [0.1, 0.15) is 6.07 Å². The summed E-state index contributed by atoms with van der Waals surface area (Å²) in [6, 6.07) is 12.5. The standard InChI is InChI=1S/C29H31N7O/c1-21-26-8-9-33-28(26)7-6-27(21)35-29-23(19-32-20-24(29)16-30)3-5-25-4-2-22(18-34-25)17-31-10-11-36-12-14-37-15-13-36/h2-9,18-20,31,33H,10-15,17H2,1H3,(H,32,35). The van der Waals surface area contributed by atoms with Gasteiger partial charge in [0.15, 0.2) is 0 Å². The van der Waals surface area contributed by atoms with E-state index in [1.807, 2.05) is 42.7 Å². The molecular formula is C29H31N7O. The van der Waals surface area contributed by atoms with Crippen LogP contribution < -0.4 is 10.6 Å². The van der Waals surface area contributed by atoms with E-state index in [0.717, 1.165) is 90.6 Å². The molecule has 0 radical (unpaired) electrons. The topological polar surface area (TPSA) is 102 Å². The summed E-state index contributed by atoms with van der Waals surface area (Å²) in [6.07, 6.45) is 11.1. The molecule has 3 aromatic heterocycles. The molecule has 1 aliphatic heterocycles. The maximum atomic E-state index is 9.72. The van der Waals surface area contributed by atoms with Crippen LogP contribution in [0.3, 0.4) is 0 Å². The molecule has 0 spiro atoms. The van der Waals surface area contributed by atoms with E-state index in [4.69, 9.17) is 4.74 Å². The van der Waals surface area contributed by atoms with E-state index in [1.54, 1.807) is 12.4 Å². The van der Waals surface area contributed by atoms with Crippen LogP contribution in [-0.2, 0) is 11.3 Å². The van der Waals surface area contributed by atoms with Gasteiger partial charge < -0.3 is 20.4 Å². The first kappa shape index (κ1) is 24.7. The highest BCUT2D eigenvalue weighted by Gasteiger charge is 2.12. The average molecular weight is 494 g/mol. The number of aromatic nitrogens is 3. The molecular weight excluding hydrogens is 462 g/mol. The number of aryl methyl sites for hydroxylation is 1. The van der Waals surface area contributed by atoms with Crippen LogP contribution >= 0.6 is 0 Å². The summed E-state index contributed by atoms with van der Waals surface area (Å²) in [4.78, 5) is 14.5. The Morgan fingerprint density at radius 2 is 2.00 bits per heavy atom. The second kappa shape index (κ2) is 11.8. The third kappa shape index (κ3) is 6.04. The lowest BCUT2D eigenvalue weighted by molar-refractivity contribution is 0.0384. The van der Waals surface area contributed by atoms with Crippen LogP contribution in [0.15, 0.2) is 55.1 Å². The first-order chi connectivity index (χ1) is 18.2. The predicted octanol–water partition coefficient (Wildman–Crippen LogP) is 4.47. The van der Waals surface area contributed by atoms with Gasteiger partial charge in [-0.3, -0.25) is 14.9 Å². The number of hydrogen-bond acceptors (Lipinski definition) is 7. The number of nitrogens with one attached hydrogen (secondary N) is 3. The quantitative estimate of drug-likeness (QED) is 0.296. The molecule has 3 N–H and O–H groups in total. The number of pyridine rings is 2. The lowest BCUT2D eigenvalue weighted by atomic mass is 10.1. The van der Waals surface area contributed by atoms with Crippen molar-refractivity contribution in [1.29, 1.82) is 5.26 Å². The molecule has 0 unspecified atom stereocenters. The minimum Gasteiger partial charge on any atom is -0.379 e. The van der Waals surface area contributed by atoms with Gasteiger partial charge in [0.2, 0.25) is 0 Å². The van der Waals surface area contributed by atoms with E-state index < -0.39 is 0 Å². The Morgan fingerprint density at radius 1 is 1.11 bits per heavy atom.